The van der Waals surface area contributed by atoms with Crippen LogP contribution < -0.4 is 10.6 Å². The van der Waals surface area contributed by atoms with Gasteiger partial charge in [0.25, 0.3) is 0 Å². The zero-order valence-electron chi connectivity index (χ0n) is 16.6. The van der Waals surface area contributed by atoms with Crippen LogP contribution in [0.25, 0.3) is 16.9 Å². The first kappa shape index (κ1) is 20.7. The summed E-state index contributed by atoms with van der Waals surface area (Å²) in [6.45, 7) is -1.40. The molecule has 0 atom stereocenters. The summed E-state index contributed by atoms with van der Waals surface area (Å²) in [5, 5.41) is 8.36. The fourth-order valence-corrected chi connectivity index (χ4v) is 3.28. The molecule has 0 bridgehead atoms. The molecule has 0 aliphatic heterocycles. The first-order valence-electron chi connectivity index (χ1n) is 9.64. The predicted molar refractivity (Wildman–Crippen MR) is 110 cm³/mol. The third-order valence-electron chi connectivity index (χ3n) is 4.83. The molecule has 1 fully saturated rings. The van der Waals surface area contributed by atoms with Gasteiger partial charge in [-0.1, -0.05) is 17.3 Å². The number of aromatic nitrogens is 2. The van der Waals surface area contributed by atoms with Crippen LogP contribution in [0.2, 0.25) is 0 Å². The van der Waals surface area contributed by atoms with Crippen LogP contribution in [0, 0.1) is 5.92 Å². The van der Waals surface area contributed by atoms with Gasteiger partial charge in [-0.25, -0.2) is 9.78 Å². The quantitative estimate of drug-likeness (QED) is 0.447. The lowest BCUT2D eigenvalue weighted by Gasteiger charge is -2.11. The highest BCUT2D eigenvalue weighted by Gasteiger charge is 2.30. The van der Waals surface area contributed by atoms with Crippen molar-refractivity contribution in [1.82, 2.24) is 14.7 Å². The third-order valence-corrected chi connectivity index (χ3v) is 4.83. The lowest BCUT2D eigenvalue weighted by molar-refractivity contribution is -0.122. The van der Waals surface area contributed by atoms with Gasteiger partial charge in [0.15, 0.2) is 0 Å². The van der Waals surface area contributed by atoms with Crippen molar-refractivity contribution >= 4 is 23.1 Å². The Hall–Kier alpha value is -3.56. The number of hydrogen-bond donors (Lipinski definition) is 2. The molecule has 3 aromatic rings. The monoisotopic (exact) mass is 431 g/mol. The molecule has 7 nitrogen and oxygen atoms in total. The summed E-state index contributed by atoms with van der Waals surface area (Å²) in [7, 11) is 1.53. The molecule has 0 saturated heterocycles. The number of urea groups is 1. The van der Waals surface area contributed by atoms with Gasteiger partial charge in [0, 0.05) is 28.9 Å². The summed E-state index contributed by atoms with van der Waals surface area (Å²) in [5.41, 5.74) is 4.47. The number of nitrogens with one attached hydrogen (secondary N) is 2. The van der Waals surface area contributed by atoms with Crippen molar-refractivity contribution in [2.24, 2.45) is 11.1 Å². The molecule has 1 aliphatic rings. The maximum Gasteiger partial charge on any atom is 0.405 e. The van der Waals surface area contributed by atoms with Gasteiger partial charge in [-0.3, -0.25) is 4.40 Å². The average molecular weight is 431 g/mol. The number of imidazole rings is 1. The SMILES string of the molecule is CON=C(c1ccn2c(-c3cccc(NC(=O)NCC(F)(F)F)c3)cnc2c1)C1CC1. The maximum atomic E-state index is 12.3. The average Bonchev–Trinajstić information content (AvgIpc) is 3.48. The molecule has 162 valence electrons. The predicted octanol–water partition coefficient (Wildman–Crippen LogP) is 4.45. The van der Waals surface area contributed by atoms with E-state index in [-0.39, 0.29) is 0 Å². The number of carbonyl (C=O) groups excluding carboxylic acids is 1. The molecule has 2 aromatic heterocycles. The highest BCUT2D eigenvalue weighted by atomic mass is 19.4. The Bertz CT molecular complexity index is 1140. The Balaban J connectivity index is 1.56. The lowest BCUT2D eigenvalue weighted by Crippen LogP contribution is -2.36. The number of alkyl halides is 3. The van der Waals surface area contributed by atoms with Crippen LogP contribution in [-0.2, 0) is 4.84 Å². The minimum atomic E-state index is -4.47. The summed E-state index contributed by atoms with van der Waals surface area (Å²) in [4.78, 5) is 21.2. The molecular weight excluding hydrogens is 411 g/mol. The first-order valence-corrected chi connectivity index (χ1v) is 9.64. The van der Waals surface area contributed by atoms with Crippen LogP contribution in [0.15, 0.2) is 53.9 Å². The zero-order chi connectivity index (χ0) is 22.0. The van der Waals surface area contributed by atoms with Crippen molar-refractivity contribution < 1.29 is 22.8 Å². The minimum absolute atomic E-state index is 0.368. The van der Waals surface area contributed by atoms with Gasteiger partial charge in [0.05, 0.1) is 17.6 Å². The Labute approximate surface area is 175 Å². The van der Waals surface area contributed by atoms with E-state index in [9.17, 15) is 18.0 Å². The fraction of sp³-hybridized carbons (Fsp3) is 0.286. The van der Waals surface area contributed by atoms with Gasteiger partial charge in [-0.05, 0) is 37.1 Å². The standard InChI is InChI=1S/C21H20F3N5O2/c1-31-28-19(13-5-6-13)15-7-8-29-17(11-25-18(29)10-15)14-3-2-4-16(9-14)27-20(30)26-12-21(22,23)24/h2-4,7-11,13H,5-6,12H2,1H3,(H2,26,27,30). The molecule has 1 aliphatic carbocycles. The van der Waals surface area contributed by atoms with Crippen LogP contribution in [-0.4, -0.2) is 41.0 Å². The Morgan fingerprint density at radius 1 is 1.29 bits per heavy atom. The number of benzene rings is 1. The van der Waals surface area contributed by atoms with E-state index in [1.165, 1.54) is 7.11 Å². The Kier molecular flexibility index (Phi) is 5.53. The van der Waals surface area contributed by atoms with Gasteiger partial charge in [0.2, 0.25) is 0 Å². The number of nitrogens with zero attached hydrogens (tertiary/aromatic N) is 3. The number of amides is 2. The molecule has 1 saturated carbocycles. The van der Waals surface area contributed by atoms with Crippen LogP contribution in [0.4, 0.5) is 23.7 Å². The van der Waals surface area contributed by atoms with Crippen LogP contribution in [0.5, 0.6) is 0 Å². The normalized spacial score (nSPS) is 14.5. The molecule has 0 unspecified atom stereocenters. The number of pyridine rings is 1. The molecule has 1 aromatic carbocycles. The van der Waals surface area contributed by atoms with Gasteiger partial charge in [0.1, 0.15) is 19.3 Å². The lowest BCUT2D eigenvalue weighted by atomic mass is 10.1. The van der Waals surface area contributed by atoms with Gasteiger partial charge >= 0.3 is 12.2 Å². The summed E-state index contributed by atoms with van der Waals surface area (Å²) in [6.07, 6.45) is 1.29. The number of rotatable bonds is 6. The first-order chi connectivity index (χ1) is 14.8. The number of carbonyl (C=O) groups is 1. The molecule has 0 spiro atoms. The summed E-state index contributed by atoms with van der Waals surface area (Å²) >= 11 is 0. The van der Waals surface area contributed by atoms with E-state index < -0.39 is 18.8 Å². The van der Waals surface area contributed by atoms with E-state index in [2.05, 4.69) is 15.5 Å². The zero-order valence-corrected chi connectivity index (χ0v) is 16.6. The fourth-order valence-electron chi connectivity index (χ4n) is 3.28. The van der Waals surface area contributed by atoms with Crippen LogP contribution in [0.3, 0.4) is 0 Å². The van der Waals surface area contributed by atoms with Crippen molar-refractivity contribution in [1.29, 1.82) is 0 Å². The summed E-state index contributed by atoms with van der Waals surface area (Å²) < 4.78 is 38.7. The summed E-state index contributed by atoms with van der Waals surface area (Å²) in [5.74, 6) is 0.406. The van der Waals surface area contributed by atoms with Crippen LogP contribution in [0.1, 0.15) is 18.4 Å². The van der Waals surface area contributed by atoms with Crippen molar-refractivity contribution in [3.63, 3.8) is 0 Å². The van der Waals surface area contributed by atoms with E-state index in [1.807, 2.05) is 28.8 Å². The van der Waals surface area contributed by atoms with Gasteiger partial charge in [-0.15, -0.1) is 0 Å². The smallest absolute Gasteiger partial charge is 0.399 e. The number of oxime groups is 1. The second kappa shape index (κ2) is 8.29. The second-order valence-electron chi connectivity index (χ2n) is 7.22. The summed E-state index contributed by atoms with van der Waals surface area (Å²) in [6, 6.07) is 9.76. The Morgan fingerprint density at radius 2 is 2.10 bits per heavy atom. The minimum Gasteiger partial charge on any atom is -0.399 e. The maximum absolute atomic E-state index is 12.3. The van der Waals surface area contributed by atoms with E-state index in [1.54, 1.807) is 29.7 Å². The molecule has 0 radical (unpaired) electrons. The van der Waals surface area contributed by atoms with Crippen LogP contribution >= 0.6 is 0 Å². The van der Waals surface area contributed by atoms with E-state index in [4.69, 9.17) is 4.84 Å². The third kappa shape index (κ3) is 4.96. The number of halogens is 3. The molecule has 2 amide bonds. The van der Waals surface area contributed by atoms with Crippen molar-refractivity contribution in [3.05, 3.63) is 54.4 Å². The van der Waals surface area contributed by atoms with Gasteiger partial charge in [-0.2, -0.15) is 13.2 Å². The molecule has 31 heavy (non-hydrogen) atoms. The number of anilines is 1. The molecular formula is C21H20F3N5O2. The van der Waals surface area contributed by atoms with Gasteiger partial charge < -0.3 is 15.5 Å². The highest BCUT2D eigenvalue weighted by molar-refractivity contribution is 6.04. The molecule has 2 N–H and O–H groups in total. The number of fused-ring (bicyclic) bond motifs is 1. The van der Waals surface area contributed by atoms with E-state index in [0.29, 0.717) is 11.6 Å². The largest absolute Gasteiger partial charge is 0.405 e. The molecule has 4 rings (SSSR count). The molecule has 2 heterocycles. The molecule has 10 heteroatoms. The van der Waals surface area contributed by atoms with E-state index in [0.717, 1.165) is 41.0 Å². The van der Waals surface area contributed by atoms with Crippen molar-refractivity contribution in [2.45, 2.75) is 19.0 Å². The second-order valence-corrected chi connectivity index (χ2v) is 7.22. The van der Waals surface area contributed by atoms with Crippen molar-refractivity contribution in [3.8, 4) is 11.3 Å². The van der Waals surface area contributed by atoms with Crippen molar-refractivity contribution in [2.75, 3.05) is 19.0 Å². The number of hydrogen-bond acceptors (Lipinski definition) is 4. The highest BCUT2D eigenvalue weighted by Crippen LogP contribution is 2.34. The van der Waals surface area contributed by atoms with E-state index >= 15 is 0 Å². The Morgan fingerprint density at radius 3 is 2.81 bits per heavy atom. The topological polar surface area (TPSA) is 80.0 Å².